The van der Waals surface area contributed by atoms with Crippen LogP contribution in [0.1, 0.15) is 52.4 Å². The summed E-state index contributed by atoms with van der Waals surface area (Å²) in [4.78, 5) is 0. The summed E-state index contributed by atoms with van der Waals surface area (Å²) in [5, 5.41) is 22.4. The average molecular weight is 612 g/mol. The van der Waals surface area contributed by atoms with Gasteiger partial charge in [-0.25, -0.2) is 0 Å². The van der Waals surface area contributed by atoms with Crippen LogP contribution in [0.3, 0.4) is 0 Å². The van der Waals surface area contributed by atoms with Crippen molar-refractivity contribution in [1.82, 2.24) is 0 Å². The fraction of sp³-hybridized carbons (Fsp3) is 0.375. The molecular formula is C32H40O6Zr. The van der Waals surface area contributed by atoms with Gasteiger partial charge >= 0.3 is 118 Å². The maximum absolute atomic E-state index is 11.2. The van der Waals surface area contributed by atoms with Crippen LogP contribution in [0.2, 0.25) is 0 Å². The number of rotatable bonds is 10. The molecule has 0 aliphatic heterocycles. The van der Waals surface area contributed by atoms with Crippen LogP contribution in [0.5, 0.6) is 34.5 Å². The maximum Gasteiger partial charge on any atom is 0.114 e. The maximum atomic E-state index is 11.2. The van der Waals surface area contributed by atoms with E-state index in [-0.39, 0.29) is 11.5 Å². The van der Waals surface area contributed by atoms with Crippen LogP contribution in [-0.2, 0) is 23.2 Å². The van der Waals surface area contributed by atoms with E-state index in [1.54, 1.807) is 47.5 Å². The van der Waals surface area contributed by atoms with Crippen molar-refractivity contribution in [1.29, 1.82) is 0 Å². The SMILES string of the molecule is CCCC1=[C]([Zr+2][C]2=C(CCC)C=CC2)CC=C1.COc1cccc(OC)c1[O-].COc1cccc(OC)c1[O-]. The second-order valence-corrected chi connectivity index (χ2v) is 12.4. The third kappa shape index (κ3) is 9.65. The first-order valence-corrected chi connectivity index (χ1v) is 15.7. The normalized spacial score (nSPS) is 13.3. The number of hydrogen-bond donors (Lipinski definition) is 0. The van der Waals surface area contributed by atoms with Crippen molar-refractivity contribution in [3.05, 3.63) is 78.4 Å². The molecule has 2 aromatic carbocycles. The molecule has 0 bridgehead atoms. The Morgan fingerprint density at radius 2 is 0.949 bits per heavy atom. The molecule has 0 radical (unpaired) electrons. The standard InChI is InChI=1S/2C8H10O3.2C8H11.Zr/c2*1-10-6-4-3-5-7(11-2)8(6)9;2*1-2-5-8-6-3-4-7-8;/h2*3-5,9H,1-2H3;2*3,6H,2,4-5H2,1H3;/q;;;;+2/p-2. The molecule has 208 valence electrons. The van der Waals surface area contributed by atoms with Gasteiger partial charge < -0.3 is 29.2 Å². The van der Waals surface area contributed by atoms with E-state index in [0.717, 1.165) is 0 Å². The van der Waals surface area contributed by atoms with Crippen LogP contribution in [0, 0.1) is 0 Å². The summed E-state index contributed by atoms with van der Waals surface area (Å²) < 4.78 is 22.9. The van der Waals surface area contributed by atoms with E-state index in [0.29, 0.717) is 23.0 Å². The Hall–Kier alpha value is -2.92. The molecule has 0 spiro atoms. The molecule has 0 saturated heterocycles. The zero-order valence-corrected chi connectivity index (χ0v) is 26.4. The van der Waals surface area contributed by atoms with Crippen molar-refractivity contribution >= 4 is 0 Å². The number of allylic oxidation sites excluding steroid dienone is 8. The van der Waals surface area contributed by atoms with Gasteiger partial charge in [0.25, 0.3) is 0 Å². The van der Waals surface area contributed by atoms with E-state index < -0.39 is 23.2 Å². The van der Waals surface area contributed by atoms with E-state index in [1.165, 1.54) is 67.0 Å². The predicted octanol–water partition coefficient (Wildman–Crippen LogP) is 6.65. The smallest absolute Gasteiger partial charge is 0.114 e. The van der Waals surface area contributed by atoms with Crippen molar-refractivity contribution in [3.8, 4) is 34.5 Å². The summed E-state index contributed by atoms with van der Waals surface area (Å²) >= 11 is -0.443. The molecule has 6 nitrogen and oxygen atoms in total. The van der Waals surface area contributed by atoms with Crippen LogP contribution >= 0.6 is 0 Å². The number of benzene rings is 2. The minimum atomic E-state index is -0.443. The minimum Gasteiger partial charge on any atom is -0.867 e. The van der Waals surface area contributed by atoms with Gasteiger partial charge in [-0.05, 0) is 35.8 Å². The summed E-state index contributed by atoms with van der Waals surface area (Å²) in [6, 6.07) is 9.82. The number of para-hydroxylation sites is 2. The van der Waals surface area contributed by atoms with Crippen molar-refractivity contribution in [2.24, 2.45) is 0 Å². The van der Waals surface area contributed by atoms with E-state index in [2.05, 4.69) is 38.2 Å². The van der Waals surface area contributed by atoms with Gasteiger partial charge in [0.2, 0.25) is 0 Å². The Labute approximate surface area is 245 Å². The quantitative estimate of drug-likeness (QED) is 0.299. The van der Waals surface area contributed by atoms with Crippen LogP contribution in [0.4, 0.5) is 0 Å². The monoisotopic (exact) mass is 610 g/mol. The molecule has 0 saturated carbocycles. The summed E-state index contributed by atoms with van der Waals surface area (Å²) in [5.41, 5.74) is 3.38. The molecule has 0 N–H and O–H groups in total. The molecule has 0 unspecified atom stereocenters. The third-order valence-corrected chi connectivity index (χ3v) is 10.2. The van der Waals surface area contributed by atoms with Gasteiger partial charge in [0.05, 0.1) is 28.4 Å². The van der Waals surface area contributed by atoms with E-state index in [4.69, 9.17) is 18.9 Å². The fourth-order valence-electron chi connectivity index (χ4n) is 4.19. The van der Waals surface area contributed by atoms with Crippen LogP contribution in [-0.4, -0.2) is 28.4 Å². The first-order valence-electron chi connectivity index (χ1n) is 13.2. The van der Waals surface area contributed by atoms with Crippen LogP contribution in [0.15, 0.2) is 78.4 Å². The van der Waals surface area contributed by atoms with Gasteiger partial charge in [0, 0.05) is 0 Å². The topological polar surface area (TPSA) is 83.0 Å². The Kier molecular flexibility index (Phi) is 14.6. The molecule has 4 rings (SSSR count). The van der Waals surface area contributed by atoms with Crippen molar-refractivity contribution in [3.63, 3.8) is 0 Å². The molecule has 0 heterocycles. The Balaban J connectivity index is 0.000000214. The Morgan fingerprint density at radius 1 is 0.615 bits per heavy atom. The molecule has 0 amide bonds. The van der Waals surface area contributed by atoms with Crippen LogP contribution in [0.25, 0.3) is 0 Å². The van der Waals surface area contributed by atoms with Crippen molar-refractivity contribution < 1.29 is 52.4 Å². The predicted molar refractivity (Wildman–Crippen MR) is 149 cm³/mol. The summed E-state index contributed by atoms with van der Waals surface area (Å²) in [6.45, 7) is 4.58. The second kappa shape index (κ2) is 17.6. The first-order chi connectivity index (χ1) is 18.9. The van der Waals surface area contributed by atoms with Gasteiger partial charge in [-0.15, -0.1) is 0 Å². The molecule has 2 aliphatic carbocycles. The Morgan fingerprint density at radius 3 is 1.23 bits per heavy atom. The zero-order valence-electron chi connectivity index (χ0n) is 24.0. The molecule has 39 heavy (non-hydrogen) atoms. The van der Waals surface area contributed by atoms with Gasteiger partial charge in [0.1, 0.15) is 23.0 Å². The summed E-state index contributed by atoms with van der Waals surface area (Å²) in [7, 11) is 5.82. The van der Waals surface area contributed by atoms with E-state index in [9.17, 15) is 10.2 Å². The van der Waals surface area contributed by atoms with E-state index >= 15 is 0 Å². The second-order valence-electron chi connectivity index (χ2n) is 8.83. The van der Waals surface area contributed by atoms with Crippen molar-refractivity contribution in [2.45, 2.75) is 52.4 Å². The summed E-state index contributed by atoms with van der Waals surface area (Å²) in [6.07, 6.45) is 17.3. The van der Waals surface area contributed by atoms with Crippen LogP contribution < -0.4 is 29.2 Å². The number of methoxy groups -OCH3 is 4. The third-order valence-electron chi connectivity index (χ3n) is 6.16. The molecule has 0 aromatic heterocycles. The molecular weight excluding hydrogens is 572 g/mol. The average Bonchev–Trinajstić information content (AvgIpc) is 3.59. The summed E-state index contributed by atoms with van der Waals surface area (Å²) in [5.74, 6) is 0.817. The number of hydrogen-bond acceptors (Lipinski definition) is 6. The zero-order chi connectivity index (χ0) is 28.6. The van der Waals surface area contributed by atoms with Crippen molar-refractivity contribution in [2.75, 3.05) is 28.4 Å². The van der Waals surface area contributed by atoms with Gasteiger partial charge in [-0.1, -0.05) is 12.1 Å². The van der Waals surface area contributed by atoms with E-state index in [1.807, 2.05) is 6.56 Å². The van der Waals surface area contributed by atoms with Gasteiger partial charge in [-0.2, -0.15) is 0 Å². The number of ether oxygens (including phenoxy) is 4. The molecule has 2 aliphatic rings. The largest absolute Gasteiger partial charge is 0.867 e. The molecule has 2 aromatic rings. The molecule has 0 fully saturated rings. The first kappa shape index (κ1) is 32.3. The molecule has 7 heteroatoms. The van der Waals surface area contributed by atoms with Gasteiger partial charge in [0.15, 0.2) is 0 Å². The minimum absolute atomic E-state index is 0.211. The van der Waals surface area contributed by atoms with Gasteiger partial charge in [-0.3, -0.25) is 0 Å². The molecule has 0 atom stereocenters. The fourth-order valence-corrected chi connectivity index (χ4v) is 7.98. The Bertz CT molecular complexity index is 1040.